The van der Waals surface area contributed by atoms with Gasteiger partial charge in [-0.3, -0.25) is 9.69 Å². The van der Waals surface area contributed by atoms with Crippen LogP contribution in [0, 0.1) is 12.8 Å². The first kappa shape index (κ1) is 18.4. The Bertz CT molecular complexity index is 976. The summed E-state index contributed by atoms with van der Waals surface area (Å²) in [5, 5.41) is 0. The molecule has 0 radical (unpaired) electrons. The Morgan fingerprint density at radius 2 is 1.90 bits per heavy atom. The van der Waals surface area contributed by atoms with Crippen LogP contribution in [0.4, 0.5) is 0 Å². The predicted molar refractivity (Wildman–Crippen MR) is 113 cm³/mol. The third-order valence-corrected chi connectivity index (χ3v) is 6.37. The van der Waals surface area contributed by atoms with Crippen molar-refractivity contribution in [2.75, 3.05) is 13.2 Å². The van der Waals surface area contributed by atoms with E-state index in [4.69, 9.17) is 15.5 Å². The second-order valence-corrected chi connectivity index (χ2v) is 8.51. The minimum Gasteiger partial charge on any atom is -0.376 e. The lowest BCUT2D eigenvalue weighted by Gasteiger charge is -2.28. The van der Waals surface area contributed by atoms with Crippen LogP contribution in [0.25, 0.3) is 11.1 Å². The maximum atomic E-state index is 13.7. The van der Waals surface area contributed by atoms with Crippen LogP contribution in [0.3, 0.4) is 0 Å². The van der Waals surface area contributed by atoms with E-state index in [0.29, 0.717) is 12.5 Å². The summed E-state index contributed by atoms with van der Waals surface area (Å²) in [4.78, 5) is 20.2. The summed E-state index contributed by atoms with van der Waals surface area (Å²) >= 11 is 0. The summed E-state index contributed by atoms with van der Waals surface area (Å²) in [5.74, 6) is 0.559. The average Bonchev–Trinajstić information content (AvgIpc) is 3.39. The molecule has 1 saturated heterocycles. The number of nitrogens with two attached hydrogens (primary N) is 1. The topological polar surface area (TPSA) is 67.9 Å². The summed E-state index contributed by atoms with van der Waals surface area (Å²) in [5.41, 5.74) is 9.82. The van der Waals surface area contributed by atoms with E-state index in [0.717, 1.165) is 49.0 Å². The molecule has 2 heterocycles. The van der Waals surface area contributed by atoms with E-state index in [2.05, 4.69) is 43.3 Å². The van der Waals surface area contributed by atoms with Crippen LogP contribution in [-0.2, 0) is 15.1 Å². The van der Waals surface area contributed by atoms with Crippen molar-refractivity contribution in [3.8, 4) is 11.1 Å². The van der Waals surface area contributed by atoms with Gasteiger partial charge in [0, 0.05) is 6.61 Å². The number of carbonyl (C=O) groups excluding carboxylic acids is 1. The van der Waals surface area contributed by atoms with Gasteiger partial charge in [0.05, 0.1) is 12.6 Å². The van der Waals surface area contributed by atoms with Crippen molar-refractivity contribution in [1.82, 2.24) is 4.90 Å². The zero-order chi connectivity index (χ0) is 20.0. The first-order valence-electron chi connectivity index (χ1n) is 10.5. The zero-order valence-corrected chi connectivity index (χ0v) is 16.8. The Hall–Kier alpha value is -2.66. The van der Waals surface area contributed by atoms with Gasteiger partial charge in [-0.1, -0.05) is 48.0 Å². The smallest absolute Gasteiger partial charge is 0.262 e. The van der Waals surface area contributed by atoms with Gasteiger partial charge in [0.2, 0.25) is 0 Å². The average molecular weight is 389 g/mol. The normalized spacial score (nSPS) is 26.8. The number of rotatable bonds is 5. The molecule has 2 aliphatic heterocycles. The molecule has 2 aromatic carbocycles. The fourth-order valence-corrected chi connectivity index (χ4v) is 4.72. The second kappa shape index (κ2) is 6.99. The maximum Gasteiger partial charge on any atom is 0.262 e. The molecule has 2 atom stereocenters. The SMILES string of the molecule is Cc1cccc(-c2cccc(C3(C4CC4)N=C(N)N(CC4CCCO4)C3=O)c2)c1. The third-order valence-electron chi connectivity index (χ3n) is 6.37. The molecule has 150 valence electrons. The lowest BCUT2D eigenvalue weighted by atomic mass is 9.83. The molecule has 1 saturated carbocycles. The van der Waals surface area contributed by atoms with Crippen molar-refractivity contribution in [1.29, 1.82) is 0 Å². The molecule has 5 rings (SSSR count). The third kappa shape index (κ3) is 3.14. The van der Waals surface area contributed by atoms with Gasteiger partial charge >= 0.3 is 0 Å². The molecule has 0 spiro atoms. The summed E-state index contributed by atoms with van der Waals surface area (Å²) in [7, 11) is 0. The summed E-state index contributed by atoms with van der Waals surface area (Å²) in [6.07, 6.45) is 4.07. The molecular weight excluding hydrogens is 362 g/mol. The molecule has 29 heavy (non-hydrogen) atoms. The van der Waals surface area contributed by atoms with Gasteiger partial charge < -0.3 is 10.5 Å². The monoisotopic (exact) mass is 389 g/mol. The van der Waals surface area contributed by atoms with E-state index < -0.39 is 5.54 Å². The fourth-order valence-electron chi connectivity index (χ4n) is 4.72. The minimum atomic E-state index is -0.886. The van der Waals surface area contributed by atoms with Crippen molar-refractivity contribution < 1.29 is 9.53 Å². The number of ether oxygens (including phenoxy) is 1. The van der Waals surface area contributed by atoms with Gasteiger partial charge in [0.1, 0.15) is 0 Å². The molecule has 5 heteroatoms. The molecule has 2 unspecified atom stereocenters. The summed E-state index contributed by atoms with van der Waals surface area (Å²) < 4.78 is 5.75. The van der Waals surface area contributed by atoms with Crippen LogP contribution >= 0.6 is 0 Å². The highest BCUT2D eigenvalue weighted by Crippen LogP contribution is 2.52. The fraction of sp³-hybridized carbons (Fsp3) is 0.417. The highest BCUT2D eigenvalue weighted by atomic mass is 16.5. The quantitative estimate of drug-likeness (QED) is 0.849. The largest absolute Gasteiger partial charge is 0.376 e. The molecule has 1 aliphatic carbocycles. The van der Waals surface area contributed by atoms with Crippen LogP contribution in [-0.4, -0.2) is 36.0 Å². The molecule has 0 aromatic heterocycles. The van der Waals surface area contributed by atoms with Crippen molar-refractivity contribution in [3.05, 3.63) is 59.7 Å². The number of aliphatic imine (C=N–C) groups is 1. The van der Waals surface area contributed by atoms with Crippen molar-refractivity contribution in [2.24, 2.45) is 16.6 Å². The van der Waals surface area contributed by atoms with E-state index in [9.17, 15) is 4.79 Å². The molecule has 1 amide bonds. The summed E-state index contributed by atoms with van der Waals surface area (Å²) in [6, 6.07) is 16.7. The first-order chi connectivity index (χ1) is 14.1. The Kier molecular flexibility index (Phi) is 4.43. The van der Waals surface area contributed by atoms with Crippen molar-refractivity contribution in [2.45, 2.75) is 44.2 Å². The standard InChI is InChI=1S/C24H27N3O2/c1-16-5-2-6-17(13-16)18-7-3-8-20(14-18)24(19-10-11-19)22(28)27(23(25)26-24)15-21-9-4-12-29-21/h2-3,5-8,13-14,19,21H,4,9-12,15H2,1H3,(H2,25,26). The number of amides is 1. The second-order valence-electron chi connectivity index (χ2n) is 8.51. The van der Waals surface area contributed by atoms with Crippen molar-refractivity contribution in [3.63, 3.8) is 0 Å². The molecule has 0 bridgehead atoms. The number of nitrogens with zero attached hydrogens (tertiary/aromatic N) is 2. The van der Waals surface area contributed by atoms with Crippen LogP contribution in [0.15, 0.2) is 53.5 Å². The molecule has 3 aliphatic rings. The van der Waals surface area contributed by atoms with Gasteiger partial charge in [0.15, 0.2) is 11.5 Å². The Balaban J connectivity index is 1.52. The predicted octanol–water partition coefficient (Wildman–Crippen LogP) is 3.60. The summed E-state index contributed by atoms with van der Waals surface area (Å²) in [6.45, 7) is 3.35. The molecule has 2 aromatic rings. The van der Waals surface area contributed by atoms with Gasteiger partial charge in [-0.2, -0.15) is 0 Å². The zero-order valence-electron chi connectivity index (χ0n) is 16.8. The van der Waals surface area contributed by atoms with Crippen LogP contribution in [0.1, 0.15) is 36.8 Å². The van der Waals surface area contributed by atoms with Gasteiger partial charge in [-0.15, -0.1) is 0 Å². The Labute approximate surface area is 171 Å². The van der Waals surface area contributed by atoms with Crippen LogP contribution in [0.5, 0.6) is 0 Å². The maximum absolute atomic E-state index is 13.7. The van der Waals surface area contributed by atoms with Crippen molar-refractivity contribution >= 4 is 11.9 Å². The van der Waals surface area contributed by atoms with Gasteiger partial charge in [-0.25, -0.2) is 4.99 Å². The lowest BCUT2D eigenvalue weighted by Crippen LogP contribution is -2.47. The molecular formula is C24H27N3O2. The number of hydrogen-bond acceptors (Lipinski definition) is 4. The number of hydrogen-bond donors (Lipinski definition) is 1. The van der Waals surface area contributed by atoms with Gasteiger partial charge in [0.25, 0.3) is 5.91 Å². The highest BCUT2D eigenvalue weighted by Gasteiger charge is 2.58. The highest BCUT2D eigenvalue weighted by molar-refractivity contribution is 6.07. The molecule has 5 nitrogen and oxygen atoms in total. The van der Waals surface area contributed by atoms with Crippen LogP contribution < -0.4 is 5.73 Å². The number of carbonyl (C=O) groups is 1. The lowest BCUT2D eigenvalue weighted by molar-refractivity contribution is -0.133. The first-order valence-corrected chi connectivity index (χ1v) is 10.5. The molecule has 2 fully saturated rings. The minimum absolute atomic E-state index is 0.00870. The number of guanidine groups is 1. The Morgan fingerprint density at radius 1 is 1.14 bits per heavy atom. The Morgan fingerprint density at radius 3 is 2.59 bits per heavy atom. The number of benzene rings is 2. The van der Waals surface area contributed by atoms with E-state index >= 15 is 0 Å². The molecule has 2 N–H and O–H groups in total. The van der Waals surface area contributed by atoms with Gasteiger partial charge in [-0.05, 0) is 61.3 Å². The van der Waals surface area contributed by atoms with E-state index in [1.165, 1.54) is 5.56 Å². The van der Waals surface area contributed by atoms with E-state index in [-0.39, 0.29) is 17.9 Å². The van der Waals surface area contributed by atoms with Crippen LogP contribution in [0.2, 0.25) is 0 Å². The number of aryl methyl sites for hydroxylation is 1. The van der Waals surface area contributed by atoms with E-state index in [1.807, 2.05) is 12.1 Å². The van der Waals surface area contributed by atoms with E-state index in [1.54, 1.807) is 4.90 Å².